The molecule has 4 rings (SSSR count). The molecular formula is C24H26F2N4O3. The maximum atomic E-state index is 12.8. The number of aromatic amines is 1. The molecule has 1 fully saturated rings. The van der Waals surface area contributed by atoms with Gasteiger partial charge in [-0.05, 0) is 29.3 Å². The van der Waals surface area contributed by atoms with E-state index in [0.29, 0.717) is 38.3 Å². The van der Waals surface area contributed by atoms with Crippen molar-refractivity contribution >= 4 is 22.8 Å². The normalized spacial score (nSPS) is 14.0. The Labute approximate surface area is 190 Å². The van der Waals surface area contributed by atoms with Crippen molar-refractivity contribution in [2.24, 2.45) is 0 Å². The van der Waals surface area contributed by atoms with Gasteiger partial charge < -0.3 is 24.8 Å². The molecule has 1 saturated heterocycles. The van der Waals surface area contributed by atoms with Gasteiger partial charge in [-0.1, -0.05) is 30.3 Å². The first kappa shape index (κ1) is 22.6. The number of benzene rings is 2. The van der Waals surface area contributed by atoms with Gasteiger partial charge in [0.05, 0.1) is 6.42 Å². The van der Waals surface area contributed by atoms with Gasteiger partial charge in [0.25, 0.3) is 6.43 Å². The number of para-hydroxylation sites is 1. The number of H-pyrrole nitrogens is 1. The van der Waals surface area contributed by atoms with Crippen molar-refractivity contribution in [1.82, 2.24) is 20.1 Å². The van der Waals surface area contributed by atoms with E-state index in [1.54, 1.807) is 34.1 Å². The molecule has 7 nitrogen and oxygen atoms in total. The topological polar surface area (TPSA) is 77.7 Å². The van der Waals surface area contributed by atoms with Crippen molar-refractivity contribution in [2.45, 2.75) is 19.4 Å². The molecule has 1 aromatic heterocycles. The van der Waals surface area contributed by atoms with Crippen LogP contribution in [0.3, 0.4) is 0 Å². The van der Waals surface area contributed by atoms with Gasteiger partial charge in [-0.2, -0.15) is 0 Å². The van der Waals surface area contributed by atoms with Crippen molar-refractivity contribution in [3.05, 3.63) is 65.9 Å². The number of piperazine rings is 1. The summed E-state index contributed by atoms with van der Waals surface area (Å²) in [7, 11) is 0. The first-order valence-corrected chi connectivity index (χ1v) is 10.8. The van der Waals surface area contributed by atoms with E-state index < -0.39 is 13.0 Å². The van der Waals surface area contributed by atoms with Gasteiger partial charge in [0.2, 0.25) is 5.91 Å². The maximum Gasteiger partial charge on any atom is 0.317 e. The highest BCUT2D eigenvalue weighted by Crippen LogP contribution is 2.19. The van der Waals surface area contributed by atoms with Gasteiger partial charge in [-0.15, -0.1) is 0 Å². The Hall–Kier alpha value is -3.62. The summed E-state index contributed by atoms with van der Waals surface area (Å²) < 4.78 is 29.6. The van der Waals surface area contributed by atoms with Crippen LogP contribution in [0.25, 0.3) is 10.9 Å². The number of carbonyl (C=O) groups excluding carboxylic acids is 2. The predicted molar refractivity (Wildman–Crippen MR) is 120 cm³/mol. The van der Waals surface area contributed by atoms with Crippen LogP contribution in [-0.2, 0) is 17.8 Å². The summed E-state index contributed by atoms with van der Waals surface area (Å²) in [5, 5.41) is 3.89. The third kappa shape index (κ3) is 5.79. The number of rotatable bonds is 7. The summed E-state index contributed by atoms with van der Waals surface area (Å²) >= 11 is 0. The molecule has 0 aliphatic carbocycles. The average molecular weight is 456 g/mol. The molecule has 2 heterocycles. The second kappa shape index (κ2) is 10.3. The summed E-state index contributed by atoms with van der Waals surface area (Å²) in [6.07, 6.45) is -0.346. The van der Waals surface area contributed by atoms with Crippen molar-refractivity contribution in [2.75, 3.05) is 32.8 Å². The lowest BCUT2D eigenvalue weighted by atomic mass is 10.1. The van der Waals surface area contributed by atoms with Crippen LogP contribution in [0.2, 0.25) is 0 Å². The Bertz CT molecular complexity index is 1110. The van der Waals surface area contributed by atoms with E-state index in [2.05, 4.69) is 10.3 Å². The number of nitrogens with zero attached hydrogens (tertiary/aromatic N) is 2. The van der Waals surface area contributed by atoms with Crippen molar-refractivity contribution in [3.8, 4) is 5.75 Å². The summed E-state index contributed by atoms with van der Waals surface area (Å²) in [5.41, 5.74) is 2.73. The van der Waals surface area contributed by atoms with Crippen LogP contribution < -0.4 is 10.1 Å². The number of hydrogen-bond acceptors (Lipinski definition) is 3. The number of carbonyl (C=O) groups is 2. The molecule has 1 aliphatic rings. The summed E-state index contributed by atoms with van der Waals surface area (Å²) in [4.78, 5) is 31.9. The van der Waals surface area contributed by atoms with E-state index in [-0.39, 0.29) is 18.5 Å². The quantitative estimate of drug-likeness (QED) is 0.572. The zero-order valence-corrected chi connectivity index (χ0v) is 18.1. The Morgan fingerprint density at radius 2 is 1.79 bits per heavy atom. The molecule has 1 aliphatic heterocycles. The van der Waals surface area contributed by atoms with Crippen LogP contribution in [0.4, 0.5) is 13.6 Å². The zero-order valence-electron chi connectivity index (χ0n) is 18.1. The van der Waals surface area contributed by atoms with Gasteiger partial charge >= 0.3 is 6.03 Å². The number of alkyl halides is 2. The fourth-order valence-electron chi connectivity index (χ4n) is 3.91. The van der Waals surface area contributed by atoms with Crippen LogP contribution in [0.15, 0.2) is 54.7 Å². The molecular weight excluding hydrogens is 430 g/mol. The molecule has 0 saturated carbocycles. The third-order valence-corrected chi connectivity index (χ3v) is 5.65. The van der Waals surface area contributed by atoms with Gasteiger partial charge in [-0.3, -0.25) is 4.79 Å². The predicted octanol–water partition coefficient (Wildman–Crippen LogP) is 3.41. The summed E-state index contributed by atoms with van der Waals surface area (Å²) in [6, 6.07) is 14.4. The molecule has 0 radical (unpaired) electrons. The molecule has 3 amide bonds. The molecule has 9 heteroatoms. The molecule has 0 bridgehead atoms. The van der Waals surface area contributed by atoms with Crippen LogP contribution in [-0.4, -0.2) is 65.9 Å². The lowest BCUT2D eigenvalue weighted by molar-refractivity contribution is -0.131. The number of amides is 3. The zero-order chi connectivity index (χ0) is 23.2. The van der Waals surface area contributed by atoms with Gasteiger partial charge in [0.1, 0.15) is 12.4 Å². The largest absolute Gasteiger partial charge is 0.488 e. The smallest absolute Gasteiger partial charge is 0.317 e. The second-order valence-corrected chi connectivity index (χ2v) is 7.91. The highest BCUT2D eigenvalue weighted by molar-refractivity contribution is 5.89. The van der Waals surface area contributed by atoms with E-state index in [1.807, 2.05) is 30.5 Å². The molecule has 0 spiro atoms. The minimum atomic E-state index is -2.54. The van der Waals surface area contributed by atoms with Crippen molar-refractivity contribution in [3.63, 3.8) is 0 Å². The maximum absolute atomic E-state index is 12.8. The molecule has 174 valence electrons. The van der Waals surface area contributed by atoms with Gasteiger partial charge in [0.15, 0.2) is 0 Å². The first-order valence-electron chi connectivity index (χ1n) is 10.8. The van der Waals surface area contributed by atoms with E-state index >= 15 is 0 Å². The van der Waals surface area contributed by atoms with E-state index in [1.165, 1.54) is 0 Å². The monoisotopic (exact) mass is 456 g/mol. The lowest BCUT2D eigenvalue weighted by Crippen LogP contribution is -2.53. The number of fused-ring (bicyclic) bond motifs is 1. The number of nitrogens with one attached hydrogen (secondary N) is 2. The minimum absolute atomic E-state index is 0.0421. The van der Waals surface area contributed by atoms with E-state index in [0.717, 1.165) is 22.0 Å². The van der Waals surface area contributed by atoms with Crippen LogP contribution in [0.5, 0.6) is 5.75 Å². The number of ether oxygens (including phenoxy) is 1. The fourth-order valence-corrected chi connectivity index (χ4v) is 3.91. The van der Waals surface area contributed by atoms with Crippen molar-refractivity contribution < 1.29 is 23.1 Å². The molecule has 33 heavy (non-hydrogen) atoms. The fraction of sp³-hybridized carbons (Fsp3) is 0.333. The van der Waals surface area contributed by atoms with E-state index in [9.17, 15) is 18.4 Å². The lowest BCUT2D eigenvalue weighted by Gasteiger charge is -2.34. The third-order valence-electron chi connectivity index (χ3n) is 5.65. The second-order valence-electron chi connectivity index (χ2n) is 7.91. The van der Waals surface area contributed by atoms with E-state index in [4.69, 9.17) is 4.74 Å². The summed E-state index contributed by atoms with van der Waals surface area (Å²) in [6.45, 7) is 1.44. The molecule has 2 aromatic carbocycles. The highest BCUT2D eigenvalue weighted by Gasteiger charge is 2.24. The van der Waals surface area contributed by atoms with Gasteiger partial charge in [-0.25, -0.2) is 13.6 Å². The van der Waals surface area contributed by atoms with Crippen LogP contribution >= 0.6 is 0 Å². The number of aromatic nitrogens is 1. The number of halogens is 2. The first-order chi connectivity index (χ1) is 16.0. The van der Waals surface area contributed by atoms with Gasteiger partial charge in [0, 0.05) is 49.8 Å². The Balaban J connectivity index is 1.23. The average Bonchev–Trinajstić information content (AvgIpc) is 3.24. The Morgan fingerprint density at radius 1 is 1.03 bits per heavy atom. The molecule has 0 unspecified atom stereocenters. The Morgan fingerprint density at radius 3 is 2.58 bits per heavy atom. The number of urea groups is 1. The van der Waals surface area contributed by atoms with Crippen LogP contribution in [0.1, 0.15) is 11.1 Å². The Kier molecular flexibility index (Phi) is 7.07. The highest BCUT2D eigenvalue weighted by atomic mass is 19.3. The minimum Gasteiger partial charge on any atom is -0.488 e. The molecule has 0 atom stereocenters. The molecule has 2 N–H and O–H groups in total. The SMILES string of the molecule is O=C(Cc1c[nH]c2ccccc12)N1CCN(C(=O)NCc2cccc(OCC(F)F)c2)CC1. The number of hydrogen-bond donors (Lipinski definition) is 2. The van der Waals surface area contributed by atoms with Crippen LogP contribution in [0, 0.1) is 0 Å². The van der Waals surface area contributed by atoms with Crippen molar-refractivity contribution in [1.29, 1.82) is 0 Å². The molecule has 3 aromatic rings. The summed E-state index contributed by atoms with van der Waals surface area (Å²) in [5.74, 6) is 0.379. The standard InChI is InChI=1S/C24H26F2N4O3/c25-22(26)16-33-19-5-3-4-17(12-19)14-28-24(32)30-10-8-29(9-11-30)23(31)13-18-15-27-21-7-2-1-6-20(18)21/h1-7,12,15,22,27H,8-11,13-14,16H2,(H,28,32).